The number of hydrogen-bond donors (Lipinski definition) is 1. The highest BCUT2D eigenvalue weighted by molar-refractivity contribution is 7.91. The highest BCUT2D eigenvalue weighted by atomic mass is 32.2. The summed E-state index contributed by atoms with van der Waals surface area (Å²) in [5.41, 5.74) is 3.85. The van der Waals surface area contributed by atoms with Crippen molar-refractivity contribution in [3.05, 3.63) is 30.1 Å². The lowest BCUT2D eigenvalue weighted by atomic mass is 10.2. The molecule has 9 nitrogen and oxygen atoms in total. The van der Waals surface area contributed by atoms with Crippen LogP contribution in [-0.4, -0.2) is 50.5 Å². The first-order valence-corrected chi connectivity index (χ1v) is 9.30. The Hall–Kier alpha value is -2.23. The normalized spacial score (nSPS) is 23.0. The number of rotatable bonds is 4. The largest absolute Gasteiger partial charge is 0.290 e. The van der Waals surface area contributed by atoms with Crippen LogP contribution in [0.5, 0.6) is 0 Å². The molecule has 2 fully saturated rings. The summed E-state index contributed by atoms with van der Waals surface area (Å²) in [6.45, 7) is 0. The van der Waals surface area contributed by atoms with Gasteiger partial charge in [-0.2, -0.15) is 5.10 Å². The van der Waals surface area contributed by atoms with E-state index in [-0.39, 0.29) is 29.1 Å². The van der Waals surface area contributed by atoms with Crippen molar-refractivity contribution in [2.24, 2.45) is 0 Å². The second-order valence-electron chi connectivity index (χ2n) is 6.04. The number of sulfone groups is 1. The Kier molecular flexibility index (Phi) is 3.22. The number of hydrogen-bond acceptors (Lipinski definition) is 6. The predicted octanol–water partition coefficient (Wildman–Crippen LogP) is 0.0955. The minimum absolute atomic E-state index is 0.0981. The van der Waals surface area contributed by atoms with Gasteiger partial charge in [0, 0.05) is 11.6 Å². The number of carbonyl (C=O) groups is 1. The van der Waals surface area contributed by atoms with Gasteiger partial charge in [0.25, 0.3) is 5.91 Å². The number of carbonyl (C=O) groups excluding carboxylic acids is 1. The molecule has 2 aliphatic rings. The lowest BCUT2D eigenvalue weighted by molar-refractivity contribution is 0.100. The van der Waals surface area contributed by atoms with Crippen LogP contribution in [0.2, 0.25) is 0 Å². The van der Waals surface area contributed by atoms with E-state index < -0.39 is 9.84 Å². The highest BCUT2D eigenvalue weighted by Gasteiger charge is 2.36. The molecule has 1 saturated heterocycles. The molecule has 4 rings (SSSR count). The summed E-state index contributed by atoms with van der Waals surface area (Å²) in [6.07, 6.45) is 5.41. The van der Waals surface area contributed by atoms with Crippen molar-refractivity contribution < 1.29 is 13.2 Å². The first-order valence-electron chi connectivity index (χ1n) is 7.48. The summed E-state index contributed by atoms with van der Waals surface area (Å²) in [4.78, 5) is 12.3. The molecule has 1 unspecified atom stereocenters. The van der Waals surface area contributed by atoms with Crippen LogP contribution in [0.3, 0.4) is 0 Å². The Morgan fingerprint density at radius 2 is 1.96 bits per heavy atom. The van der Waals surface area contributed by atoms with Gasteiger partial charge in [0.05, 0.1) is 17.5 Å². The minimum Gasteiger partial charge on any atom is -0.266 e. The Morgan fingerprint density at radius 3 is 2.57 bits per heavy atom. The van der Waals surface area contributed by atoms with Crippen LogP contribution in [0, 0.1) is 0 Å². The quantitative estimate of drug-likeness (QED) is 0.847. The van der Waals surface area contributed by atoms with Crippen LogP contribution in [0.4, 0.5) is 0 Å². The molecule has 2 aromatic heterocycles. The van der Waals surface area contributed by atoms with Crippen molar-refractivity contribution in [2.45, 2.75) is 31.2 Å². The molecule has 1 amide bonds. The van der Waals surface area contributed by atoms with Gasteiger partial charge in [0.15, 0.2) is 15.5 Å². The molecule has 23 heavy (non-hydrogen) atoms. The van der Waals surface area contributed by atoms with Gasteiger partial charge < -0.3 is 0 Å². The average Bonchev–Trinajstić information content (AvgIpc) is 2.92. The molecule has 1 atom stereocenters. The molecular formula is C13H16N6O3S. The van der Waals surface area contributed by atoms with Gasteiger partial charge >= 0.3 is 0 Å². The van der Waals surface area contributed by atoms with E-state index in [0.717, 1.165) is 18.5 Å². The molecule has 1 aliphatic heterocycles. The SMILES string of the molecule is O=C(Nn1cnnc1)c1cc(C2CC2)n(C2CCS(=O)(=O)C2)n1. The van der Waals surface area contributed by atoms with Gasteiger partial charge in [0.1, 0.15) is 12.7 Å². The summed E-state index contributed by atoms with van der Waals surface area (Å²) in [6, 6.07) is 1.59. The molecule has 10 heteroatoms. The molecule has 0 spiro atoms. The van der Waals surface area contributed by atoms with E-state index in [1.165, 1.54) is 17.3 Å². The Balaban J connectivity index is 1.62. The third kappa shape index (κ3) is 2.85. The smallest absolute Gasteiger partial charge is 0.266 e. The predicted molar refractivity (Wildman–Crippen MR) is 80.2 cm³/mol. The number of nitrogens with one attached hydrogen (secondary N) is 1. The molecule has 0 radical (unpaired) electrons. The van der Waals surface area contributed by atoms with Crippen LogP contribution >= 0.6 is 0 Å². The lowest BCUT2D eigenvalue weighted by Crippen LogP contribution is -2.22. The van der Waals surface area contributed by atoms with Crippen molar-refractivity contribution in [1.29, 1.82) is 0 Å². The first-order chi connectivity index (χ1) is 11.0. The van der Waals surface area contributed by atoms with Crippen LogP contribution in [0.1, 0.15) is 47.4 Å². The fourth-order valence-electron chi connectivity index (χ4n) is 2.90. The average molecular weight is 336 g/mol. The van der Waals surface area contributed by atoms with Gasteiger partial charge in [-0.15, -0.1) is 10.2 Å². The van der Waals surface area contributed by atoms with Crippen molar-refractivity contribution in [3.8, 4) is 0 Å². The maximum Gasteiger partial charge on any atom is 0.290 e. The second-order valence-corrected chi connectivity index (χ2v) is 8.27. The lowest BCUT2D eigenvalue weighted by Gasteiger charge is -2.12. The third-order valence-corrected chi connectivity index (χ3v) is 5.95. The van der Waals surface area contributed by atoms with Gasteiger partial charge in [0.2, 0.25) is 0 Å². The van der Waals surface area contributed by atoms with Crippen molar-refractivity contribution in [3.63, 3.8) is 0 Å². The van der Waals surface area contributed by atoms with Crippen LogP contribution in [0.25, 0.3) is 0 Å². The molecule has 0 aromatic carbocycles. The van der Waals surface area contributed by atoms with Crippen molar-refractivity contribution in [2.75, 3.05) is 16.9 Å². The first kappa shape index (κ1) is 14.4. The Labute approximate surface area is 132 Å². The van der Waals surface area contributed by atoms with Crippen LogP contribution in [-0.2, 0) is 9.84 Å². The molecule has 1 saturated carbocycles. The summed E-state index contributed by atoms with van der Waals surface area (Å²) in [5, 5.41) is 11.6. The molecule has 122 valence electrons. The second kappa shape index (κ2) is 5.15. The fourth-order valence-corrected chi connectivity index (χ4v) is 4.59. The maximum atomic E-state index is 12.3. The molecule has 3 heterocycles. The highest BCUT2D eigenvalue weighted by Crippen LogP contribution is 2.42. The minimum atomic E-state index is -3.00. The molecule has 2 aromatic rings. The van der Waals surface area contributed by atoms with Gasteiger partial charge in [-0.05, 0) is 25.3 Å². The molecular weight excluding hydrogens is 320 g/mol. The third-order valence-electron chi connectivity index (χ3n) is 4.20. The van der Waals surface area contributed by atoms with E-state index in [4.69, 9.17) is 0 Å². The van der Waals surface area contributed by atoms with Gasteiger partial charge in [-0.3, -0.25) is 14.9 Å². The molecule has 0 bridgehead atoms. The Morgan fingerprint density at radius 1 is 1.22 bits per heavy atom. The van der Waals surface area contributed by atoms with Gasteiger partial charge in [-0.25, -0.2) is 13.1 Å². The van der Waals surface area contributed by atoms with E-state index in [1.807, 2.05) is 0 Å². The maximum absolute atomic E-state index is 12.3. The van der Waals surface area contributed by atoms with Crippen molar-refractivity contribution >= 4 is 15.7 Å². The fraction of sp³-hybridized carbons (Fsp3) is 0.538. The summed E-state index contributed by atoms with van der Waals surface area (Å²) in [5.74, 6) is 0.290. The van der Waals surface area contributed by atoms with E-state index >= 15 is 0 Å². The summed E-state index contributed by atoms with van der Waals surface area (Å²) in [7, 11) is -3.00. The monoisotopic (exact) mass is 336 g/mol. The van der Waals surface area contributed by atoms with Crippen LogP contribution in [0.15, 0.2) is 18.7 Å². The number of aromatic nitrogens is 5. The standard InChI is InChI=1S/C13H16N6O3S/c20-13(17-18-7-14-15-8-18)11-5-12(9-1-2-9)19(16-11)10-3-4-23(21,22)6-10/h5,7-10H,1-4,6H2,(H,17,20). The van der Waals surface area contributed by atoms with E-state index in [2.05, 4.69) is 20.7 Å². The van der Waals surface area contributed by atoms with Gasteiger partial charge in [-0.1, -0.05) is 0 Å². The zero-order valence-electron chi connectivity index (χ0n) is 12.3. The molecule has 1 N–H and O–H groups in total. The van der Waals surface area contributed by atoms with Crippen molar-refractivity contribution in [1.82, 2.24) is 24.7 Å². The molecule has 1 aliphatic carbocycles. The van der Waals surface area contributed by atoms with E-state index in [1.54, 1.807) is 10.7 Å². The number of amides is 1. The number of nitrogens with zero attached hydrogens (tertiary/aromatic N) is 5. The van der Waals surface area contributed by atoms with Crippen LogP contribution < -0.4 is 5.43 Å². The topological polar surface area (TPSA) is 112 Å². The van der Waals surface area contributed by atoms with E-state index in [9.17, 15) is 13.2 Å². The zero-order valence-corrected chi connectivity index (χ0v) is 13.1. The summed E-state index contributed by atoms with van der Waals surface area (Å²) >= 11 is 0. The summed E-state index contributed by atoms with van der Waals surface area (Å²) < 4.78 is 26.6. The Bertz CT molecular complexity index is 837. The van der Waals surface area contributed by atoms with E-state index in [0.29, 0.717) is 12.3 Å². The zero-order chi connectivity index (χ0) is 16.0.